The maximum atomic E-state index is 10.1. The Morgan fingerprint density at radius 2 is 1.88 bits per heavy atom. The average molecular weight is 222 g/mol. The van der Waals surface area contributed by atoms with Gasteiger partial charge in [0.15, 0.2) is 0 Å². The number of aliphatic hydroxyl groups is 1. The summed E-state index contributed by atoms with van der Waals surface area (Å²) in [6.45, 7) is 7.97. The Kier molecular flexibility index (Phi) is 3.25. The number of nitrogens with zero attached hydrogens (tertiary/aromatic N) is 2. The van der Waals surface area contributed by atoms with Gasteiger partial charge in [-0.1, -0.05) is 5.92 Å². The minimum atomic E-state index is -0.245. The number of β-amino-alcohol motifs (C(OH)–C–C–N with tert-alkyl or cyclic N) is 1. The molecule has 1 N–H and O–H groups in total. The maximum Gasteiger partial charge on any atom is 0.0835 e. The molecular formula is C13H22N2O. The van der Waals surface area contributed by atoms with Gasteiger partial charge in [-0.2, -0.15) is 0 Å². The van der Waals surface area contributed by atoms with Crippen LogP contribution in [0.15, 0.2) is 0 Å². The quantitative estimate of drug-likeness (QED) is 0.691. The SMILES string of the molecule is C#CC(C)(C)N1CC(O)C(N2CCCC2)C1. The van der Waals surface area contributed by atoms with Crippen molar-refractivity contribution in [3.63, 3.8) is 0 Å². The lowest BCUT2D eigenvalue weighted by Crippen LogP contribution is -2.44. The fourth-order valence-electron chi connectivity index (χ4n) is 2.75. The normalized spacial score (nSPS) is 33.1. The van der Waals surface area contributed by atoms with Gasteiger partial charge in [-0.15, -0.1) is 6.42 Å². The van der Waals surface area contributed by atoms with Gasteiger partial charge in [0.25, 0.3) is 0 Å². The predicted molar refractivity (Wildman–Crippen MR) is 65.1 cm³/mol. The van der Waals surface area contributed by atoms with Crippen molar-refractivity contribution >= 4 is 0 Å². The second kappa shape index (κ2) is 4.37. The van der Waals surface area contributed by atoms with Crippen LogP contribution in [0.3, 0.4) is 0 Å². The molecule has 0 radical (unpaired) electrons. The van der Waals surface area contributed by atoms with Crippen molar-refractivity contribution in [2.45, 2.75) is 44.4 Å². The summed E-state index contributed by atoms with van der Waals surface area (Å²) in [5.74, 6) is 2.81. The summed E-state index contributed by atoms with van der Waals surface area (Å²) < 4.78 is 0. The summed E-state index contributed by atoms with van der Waals surface area (Å²) in [6.07, 6.45) is 7.83. The molecule has 0 bridgehead atoms. The van der Waals surface area contributed by atoms with Gasteiger partial charge in [0.1, 0.15) is 0 Å². The van der Waals surface area contributed by atoms with Crippen LogP contribution in [0.1, 0.15) is 26.7 Å². The number of hydrogen-bond donors (Lipinski definition) is 1. The zero-order chi connectivity index (χ0) is 11.8. The van der Waals surface area contributed by atoms with E-state index in [4.69, 9.17) is 6.42 Å². The molecule has 0 spiro atoms. The van der Waals surface area contributed by atoms with Crippen LogP contribution in [0.25, 0.3) is 0 Å². The minimum Gasteiger partial charge on any atom is -0.390 e. The summed E-state index contributed by atoms with van der Waals surface area (Å²) >= 11 is 0. The highest BCUT2D eigenvalue weighted by Gasteiger charge is 2.41. The molecule has 0 amide bonds. The molecule has 2 aliphatic heterocycles. The number of rotatable bonds is 2. The highest BCUT2D eigenvalue weighted by molar-refractivity contribution is 5.11. The average Bonchev–Trinajstić information content (AvgIpc) is 2.86. The van der Waals surface area contributed by atoms with Crippen LogP contribution < -0.4 is 0 Å². The number of aliphatic hydroxyl groups excluding tert-OH is 1. The maximum absolute atomic E-state index is 10.1. The van der Waals surface area contributed by atoms with E-state index in [2.05, 4.69) is 15.7 Å². The van der Waals surface area contributed by atoms with Crippen LogP contribution in [0.5, 0.6) is 0 Å². The van der Waals surface area contributed by atoms with Crippen LogP contribution in [0.2, 0.25) is 0 Å². The summed E-state index contributed by atoms with van der Waals surface area (Å²) in [6, 6.07) is 0.287. The van der Waals surface area contributed by atoms with Crippen molar-refractivity contribution in [2.24, 2.45) is 0 Å². The fraction of sp³-hybridized carbons (Fsp3) is 0.846. The highest BCUT2D eigenvalue weighted by atomic mass is 16.3. The molecule has 16 heavy (non-hydrogen) atoms. The number of terminal acetylenes is 1. The van der Waals surface area contributed by atoms with E-state index in [0.717, 1.165) is 19.6 Å². The van der Waals surface area contributed by atoms with E-state index in [1.807, 2.05) is 13.8 Å². The zero-order valence-electron chi connectivity index (χ0n) is 10.3. The molecule has 2 unspecified atom stereocenters. The highest BCUT2D eigenvalue weighted by Crippen LogP contribution is 2.26. The summed E-state index contributed by atoms with van der Waals surface area (Å²) in [7, 11) is 0. The molecule has 2 saturated heterocycles. The Labute approximate surface area is 98.4 Å². The molecule has 90 valence electrons. The van der Waals surface area contributed by atoms with Gasteiger partial charge in [-0.3, -0.25) is 9.80 Å². The Balaban J connectivity index is 2.01. The van der Waals surface area contributed by atoms with E-state index in [1.54, 1.807) is 0 Å². The van der Waals surface area contributed by atoms with Crippen LogP contribution in [0.4, 0.5) is 0 Å². The molecule has 2 fully saturated rings. The molecule has 3 heteroatoms. The lowest BCUT2D eigenvalue weighted by molar-refractivity contribution is 0.0968. The second-order valence-corrected chi connectivity index (χ2v) is 5.49. The van der Waals surface area contributed by atoms with Gasteiger partial charge < -0.3 is 5.11 Å². The third-order valence-corrected chi connectivity index (χ3v) is 4.01. The first-order valence-electron chi connectivity index (χ1n) is 6.19. The van der Waals surface area contributed by atoms with E-state index in [0.29, 0.717) is 6.54 Å². The van der Waals surface area contributed by atoms with Crippen molar-refractivity contribution in [3.05, 3.63) is 0 Å². The van der Waals surface area contributed by atoms with Crippen molar-refractivity contribution in [2.75, 3.05) is 26.2 Å². The first-order valence-corrected chi connectivity index (χ1v) is 6.19. The molecule has 0 aromatic carbocycles. The van der Waals surface area contributed by atoms with E-state index in [1.165, 1.54) is 12.8 Å². The molecule has 3 nitrogen and oxygen atoms in total. The molecule has 0 aliphatic carbocycles. The summed E-state index contributed by atoms with van der Waals surface area (Å²) in [5.41, 5.74) is -0.241. The molecule has 0 aromatic rings. The third-order valence-electron chi connectivity index (χ3n) is 4.01. The van der Waals surface area contributed by atoms with Crippen LogP contribution >= 0.6 is 0 Å². The molecule has 2 rings (SSSR count). The van der Waals surface area contributed by atoms with Crippen LogP contribution in [0, 0.1) is 12.3 Å². The van der Waals surface area contributed by atoms with Gasteiger partial charge >= 0.3 is 0 Å². The van der Waals surface area contributed by atoms with E-state index in [-0.39, 0.29) is 17.7 Å². The van der Waals surface area contributed by atoms with Crippen LogP contribution in [-0.4, -0.2) is 58.8 Å². The van der Waals surface area contributed by atoms with Crippen molar-refractivity contribution < 1.29 is 5.11 Å². The lowest BCUT2D eigenvalue weighted by atomic mass is 10.1. The summed E-state index contributed by atoms with van der Waals surface area (Å²) in [5, 5.41) is 10.1. The van der Waals surface area contributed by atoms with Gasteiger partial charge in [0.05, 0.1) is 11.6 Å². The zero-order valence-corrected chi connectivity index (χ0v) is 10.3. The third kappa shape index (κ3) is 2.10. The smallest absolute Gasteiger partial charge is 0.0835 e. The van der Waals surface area contributed by atoms with Crippen molar-refractivity contribution in [1.82, 2.24) is 9.80 Å². The van der Waals surface area contributed by atoms with Crippen molar-refractivity contribution in [3.8, 4) is 12.3 Å². The number of hydrogen-bond acceptors (Lipinski definition) is 3. The van der Waals surface area contributed by atoms with Gasteiger partial charge in [0, 0.05) is 19.1 Å². The number of likely N-dealkylation sites (tertiary alicyclic amines) is 2. The first kappa shape index (κ1) is 11.9. The molecule has 2 aliphatic rings. The fourth-order valence-corrected chi connectivity index (χ4v) is 2.75. The lowest BCUT2D eigenvalue weighted by Gasteiger charge is -2.31. The Bertz CT molecular complexity index is 289. The van der Waals surface area contributed by atoms with Gasteiger partial charge in [-0.05, 0) is 39.8 Å². The topological polar surface area (TPSA) is 26.7 Å². The molecule has 2 heterocycles. The molecule has 2 atom stereocenters. The Morgan fingerprint density at radius 3 is 2.44 bits per heavy atom. The van der Waals surface area contributed by atoms with Gasteiger partial charge in [0.2, 0.25) is 0 Å². The first-order chi connectivity index (χ1) is 7.54. The monoisotopic (exact) mass is 222 g/mol. The standard InChI is InChI=1S/C13H22N2O/c1-4-13(2,3)15-9-11(12(16)10-15)14-7-5-6-8-14/h1,11-12,16H,5-10H2,2-3H3. The molecule has 0 aromatic heterocycles. The van der Waals surface area contributed by atoms with E-state index < -0.39 is 0 Å². The van der Waals surface area contributed by atoms with E-state index in [9.17, 15) is 5.11 Å². The van der Waals surface area contributed by atoms with Gasteiger partial charge in [-0.25, -0.2) is 0 Å². The summed E-state index contributed by atoms with van der Waals surface area (Å²) in [4.78, 5) is 4.64. The Morgan fingerprint density at radius 1 is 1.25 bits per heavy atom. The largest absolute Gasteiger partial charge is 0.390 e. The Hall–Kier alpha value is -0.560. The minimum absolute atomic E-state index is 0.241. The molecule has 0 saturated carbocycles. The predicted octanol–water partition coefficient (Wildman–Crippen LogP) is 0.539. The molecular weight excluding hydrogens is 200 g/mol. The second-order valence-electron chi connectivity index (χ2n) is 5.49. The van der Waals surface area contributed by atoms with Crippen LogP contribution in [-0.2, 0) is 0 Å². The van der Waals surface area contributed by atoms with E-state index >= 15 is 0 Å². The van der Waals surface area contributed by atoms with Crippen molar-refractivity contribution in [1.29, 1.82) is 0 Å².